The van der Waals surface area contributed by atoms with E-state index in [9.17, 15) is 13.2 Å². The topological polar surface area (TPSA) is 80.5 Å². The monoisotopic (exact) mass is 316 g/mol. The van der Waals surface area contributed by atoms with E-state index < -0.39 is 10.0 Å². The second kappa shape index (κ2) is 7.20. The van der Waals surface area contributed by atoms with Crippen LogP contribution < -0.4 is 5.73 Å². The van der Waals surface area contributed by atoms with Crippen LogP contribution in [0.3, 0.4) is 0 Å². The number of nitrogens with zero attached hydrogens (tertiary/aromatic N) is 1. The van der Waals surface area contributed by atoms with Crippen LogP contribution in [-0.2, 0) is 14.8 Å². The van der Waals surface area contributed by atoms with E-state index in [-0.39, 0.29) is 23.7 Å². The van der Waals surface area contributed by atoms with E-state index in [1.54, 1.807) is 0 Å². The smallest absolute Gasteiger partial charge is 0.211 e. The van der Waals surface area contributed by atoms with E-state index >= 15 is 0 Å². The quantitative estimate of drug-likeness (QED) is 0.798. The van der Waals surface area contributed by atoms with Crippen LogP contribution >= 0.6 is 0 Å². The number of rotatable bonds is 4. The number of hydrogen-bond donors (Lipinski definition) is 1. The Kier molecular flexibility index (Phi) is 5.80. The zero-order chi connectivity index (χ0) is 15.5. The van der Waals surface area contributed by atoms with Crippen molar-refractivity contribution in [1.29, 1.82) is 0 Å². The molecular formula is C15H28N2O3S. The number of nitrogens with two attached hydrogens (primary N) is 1. The van der Waals surface area contributed by atoms with Crippen molar-refractivity contribution in [2.24, 2.45) is 17.6 Å². The summed E-state index contributed by atoms with van der Waals surface area (Å²) in [6.07, 6.45) is 8.76. The van der Waals surface area contributed by atoms with E-state index in [2.05, 4.69) is 0 Å². The summed E-state index contributed by atoms with van der Waals surface area (Å²) in [6, 6.07) is -0.00500. The Morgan fingerprint density at radius 1 is 1.14 bits per heavy atom. The molecule has 0 bridgehead atoms. The Labute approximate surface area is 128 Å². The Morgan fingerprint density at radius 2 is 1.86 bits per heavy atom. The zero-order valence-electron chi connectivity index (χ0n) is 13.0. The molecule has 1 heterocycles. The molecule has 122 valence electrons. The first kappa shape index (κ1) is 16.9. The first-order valence-corrected chi connectivity index (χ1v) is 9.96. The summed E-state index contributed by atoms with van der Waals surface area (Å²) in [5.41, 5.74) is 6.15. The first-order chi connectivity index (χ1) is 9.88. The van der Waals surface area contributed by atoms with Crippen LogP contribution in [0.4, 0.5) is 0 Å². The maximum Gasteiger partial charge on any atom is 0.211 e. The minimum absolute atomic E-state index is 0.00500. The molecular weight excluding hydrogens is 288 g/mol. The lowest BCUT2D eigenvalue weighted by Gasteiger charge is -2.31. The van der Waals surface area contributed by atoms with Crippen LogP contribution in [0.1, 0.15) is 51.4 Å². The molecule has 2 N–H and O–H groups in total. The predicted molar refractivity (Wildman–Crippen MR) is 83.3 cm³/mol. The molecule has 2 fully saturated rings. The van der Waals surface area contributed by atoms with Gasteiger partial charge in [-0.15, -0.1) is 0 Å². The summed E-state index contributed by atoms with van der Waals surface area (Å²) in [4.78, 5) is 12.5. The second-order valence-corrected chi connectivity index (χ2v) is 8.69. The van der Waals surface area contributed by atoms with Crippen molar-refractivity contribution in [1.82, 2.24) is 4.31 Å². The summed E-state index contributed by atoms with van der Waals surface area (Å²) in [6.45, 7) is 1.08. The summed E-state index contributed by atoms with van der Waals surface area (Å²) >= 11 is 0. The lowest BCUT2D eigenvalue weighted by atomic mass is 9.84. The fourth-order valence-electron chi connectivity index (χ4n) is 3.67. The number of piperidine rings is 1. The average molecular weight is 316 g/mol. The molecule has 3 atom stereocenters. The number of sulfonamides is 1. The zero-order valence-corrected chi connectivity index (χ0v) is 13.8. The van der Waals surface area contributed by atoms with E-state index in [0.29, 0.717) is 19.5 Å². The lowest BCUT2D eigenvalue weighted by Crippen LogP contribution is -2.41. The van der Waals surface area contributed by atoms with Crippen LogP contribution in [0, 0.1) is 11.8 Å². The molecule has 0 radical (unpaired) electrons. The molecule has 1 aliphatic carbocycles. The van der Waals surface area contributed by atoms with Gasteiger partial charge in [-0.3, -0.25) is 4.79 Å². The molecule has 6 heteroatoms. The Morgan fingerprint density at radius 3 is 2.57 bits per heavy atom. The standard InChI is InChI=1S/C15H28N2O3S/c1-21(19,20)17-9-5-6-12(11-17)10-15(18)13-7-3-2-4-8-14(13)16/h12-14H,2-11,16H2,1H3. The van der Waals surface area contributed by atoms with Gasteiger partial charge in [0.05, 0.1) is 6.26 Å². The van der Waals surface area contributed by atoms with Crippen LogP contribution in [0.25, 0.3) is 0 Å². The third-order valence-electron chi connectivity index (χ3n) is 4.92. The lowest BCUT2D eigenvalue weighted by molar-refractivity contribution is -0.124. The third-order valence-corrected chi connectivity index (χ3v) is 6.19. The van der Waals surface area contributed by atoms with Crippen molar-refractivity contribution in [3.8, 4) is 0 Å². The molecule has 5 nitrogen and oxygen atoms in total. The van der Waals surface area contributed by atoms with Gasteiger partial charge in [-0.1, -0.05) is 19.3 Å². The van der Waals surface area contributed by atoms with Gasteiger partial charge >= 0.3 is 0 Å². The molecule has 1 saturated carbocycles. The maximum absolute atomic E-state index is 12.5. The van der Waals surface area contributed by atoms with Crippen molar-refractivity contribution in [2.45, 2.75) is 57.4 Å². The van der Waals surface area contributed by atoms with Crippen molar-refractivity contribution >= 4 is 15.8 Å². The van der Waals surface area contributed by atoms with E-state index in [4.69, 9.17) is 5.73 Å². The van der Waals surface area contributed by atoms with Gasteiger partial charge in [-0.2, -0.15) is 0 Å². The van der Waals surface area contributed by atoms with Crippen molar-refractivity contribution in [3.05, 3.63) is 0 Å². The fraction of sp³-hybridized carbons (Fsp3) is 0.933. The number of hydrogen-bond acceptors (Lipinski definition) is 4. The number of Topliss-reactive ketones (excluding diaryl/α,β-unsaturated/α-hetero) is 1. The molecule has 1 aliphatic heterocycles. The highest BCUT2D eigenvalue weighted by molar-refractivity contribution is 7.88. The highest BCUT2D eigenvalue weighted by Gasteiger charge is 2.31. The van der Waals surface area contributed by atoms with Gasteiger partial charge in [0, 0.05) is 31.5 Å². The molecule has 0 aromatic heterocycles. The van der Waals surface area contributed by atoms with E-state index in [0.717, 1.165) is 38.5 Å². The number of ketones is 1. The number of carbonyl (C=O) groups is 1. The molecule has 3 unspecified atom stereocenters. The summed E-state index contributed by atoms with van der Waals surface area (Å²) in [5, 5.41) is 0. The first-order valence-electron chi connectivity index (χ1n) is 8.11. The molecule has 0 aromatic carbocycles. The van der Waals surface area contributed by atoms with E-state index in [1.165, 1.54) is 17.0 Å². The second-order valence-electron chi connectivity index (χ2n) is 6.71. The largest absolute Gasteiger partial charge is 0.327 e. The Bertz CT molecular complexity index is 464. The van der Waals surface area contributed by atoms with Crippen LogP contribution in [-0.4, -0.2) is 43.9 Å². The highest BCUT2D eigenvalue weighted by atomic mass is 32.2. The van der Waals surface area contributed by atoms with Gasteiger partial charge in [0.2, 0.25) is 10.0 Å². The fourth-order valence-corrected chi connectivity index (χ4v) is 4.61. The van der Waals surface area contributed by atoms with E-state index in [1.807, 2.05) is 0 Å². The van der Waals surface area contributed by atoms with Crippen LogP contribution in [0.2, 0.25) is 0 Å². The van der Waals surface area contributed by atoms with Gasteiger partial charge in [-0.25, -0.2) is 12.7 Å². The minimum atomic E-state index is -3.14. The number of carbonyl (C=O) groups excluding carboxylic acids is 1. The Hall–Kier alpha value is -0.460. The predicted octanol–water partition coefficient (Wildman–Crippen LogP) is 1.52. The van der Waals surface area contributed by atoms with Crippen molar-refractivity contribution < 1.29 is 13.2 Å². The highest BCUT2D eigenvalue weighted by Crippen LogP contribution is 2.28. The molecule has 21 heavy (non-hydrogen) atoms. The summed E-state index contributed by atoms with van der Waals surface area (Å²) in [7, 11) is -3.14. The van der Waals surface area contributed by atoms with Crippen molar-refractivity contribution in [3.63, 3.8) is 0 Å². The average Bonchev–Trinajstić information content (AvgIpc) is 2.62. The van der Waals surface area contributed by atoms with Gasteiger partial charge in [0.25, 0.3) is 0 Å². The minimum Gasteiger partial charge on any atom is -0.327 e. The summed E-state index contributed by atoms with van der Waals surface area (Å²) in [5.74, 6) is 0.405. The summed E-state index contributed by atoms with van der Waals surface area (Å²) < 4.78 is 24.8. The van der Waals surface area contributed by atoms with Gasteiger partial charge in [-0.05, 0) is 31.6 Å². The molecule has 0 amide bonds. The van der Waals surface area contributed by atoms with Crippen molar-refractivity contribution in [2.75, 3.05) is 19.3 Å². The van der Waals surface area contributed by atoms with Gasteiger partial charge in [0.15, 0.2) is 0 Å². The third kappa shape index (κ3) is 4.76. The Balaban J connectivity index is 1.92. The van der Waals surface area contributed by atoms with Gasteiger partial charge in [0.1, 0.15) is 5.78 Å². The van der Waals surface area contributed by atoms with Crippen LogP contribution in [0.15, 0.2) is 0 Å². The molecule has 0 spiro atoms. The SMILES string of the molecule is CS(=O)(=O)N1CCCC(CC(=O)C2CCCCCC2N)C1. The van der Waals surface area contributed by atoms with Gasteiger partial charge < -0.3 is 5.73 Å². The molecule has 2 rings (SSSR count). The maximum atomic E-state index is 12.5. The molecule has 1 saturated heterocycles. The molecule has 2 aliphatic rings. The normalized spacial score (nSPS) is 32.6. The molecule has 0 aromatic rings. The van der Waals surface area contributed by atoms with Crippen LogP contribution in [0.5, 0.6) is 0 Å².